The maximum absolute atomic E-state index is 13.1. The maximum Gasteiger partial charge on any atom is 0.246 e. The van der Waals surface area contributed by atoms with Crippen LogP contribution in [0.3, 0.4) is 0 Å². The molecule has 246 valence electrons. The van der Waals surface area contributed by atoms with E-state index in [9.17, 15) is 14.4 Å². The molecule has 2 aromatic rings. The van der Waals surface area contributed by atoms with Crippen LogP contribution in [-0.4, -0.2) is 99.5 Å². The van der Waals surface area contributed by atoms with Gasteiger partial charge >= 0.3 is 0 Å². The highest BCUT2D eigenvalue weighted by molar-refractivity contribution is 6.32. The fraction of sp³-hybridized carbons (Fsp3) is 0.531. The van der Waals surface area contributed by atoms with Crippen molar-refractivity contribution in [2.24, 2.45) is 17.2 Å². The molecule has 0 saturated carbocycles. The predicted molar refractivity (Wildman–Crippen MR) is 179 cm³/mol. The van der Waals surface area contributed by atoms with Crippen LogP contribution in [0.1, 0.15) is 38.7 Å². The Labute approximate surface area is 267 Å². The third kappa shape index (κ3) is 16.1. The summed E-state index contributed by atoms with van der Waals surface area (Å²) in [4.78, 5) is 40.6. The van der Waals surface area contributed by atoms with Crippen molar-refractivity contribution in [3.05, 3.63) is 59.1 Å². The Kier molecular flexibility index (Phi) is 20.7. The molecule has 2 aromatic carbocycles. The number of carbonyl (C=O) groups is 3. The van der Waals surface area contributed by atoms with E-state index in [4.69, 9.17) is 33.5 Å². The lowest BCUT2D eigenvalue weighted by atomic mass is 10.0. The molecular weight excluding hydrogens is 582 g/mol. The number of anilines is 1. The Bertz CT molecular complexity index is 1090. The third-order valence-electron chi connectivity index (χ3n) is 6.76. The van der Waals surface area contributed by atoms with Crippen LogP contribution in [0.5, 0.6) is 5.75 Å². The van der Waals surface area contributed by atoms with E-state index in [1.165, 1.54) is 0 Å². The monoisotopic (exact) mass is 633 g/mol. The van der Waals surface area contributed by atoms with E-state index >= 15 is 0 Å². The second kappa shape index (κ2) is 23.3. The van der Waals surface area contributed by atoms with Gasteiger partial charge < -0.3 is 47.2 Å². The Hall–Kier alpha value is -3.06. The number of nitrogens with one attached hydrogen (secondary N) is 2. The molecule has 0 radical (unpaired) electrons. The van der Waals surface area contributed by atoms with Crippen molar-refractivity contribution < 1.29 is 19.1 Å². The highest BCUT2D eigenvalue weighted by Gasteiger charge is 2.24. The molecule has 0 aliphatic carbocycles. The Morgan fingerprint density at radius 3 is 2.25 bits per heavy atom. The van der Waals surface area contributed by atoms with Crippen LogP contribution in [0.25, 0.3) is 0 Å². The number of likely N-dealkylation sites (N-methyl/N-ethyl adjacent to an activating group) is 2. The van der Waals surface area contributed by atoms with Gasteiger partial charge in [0.25, 0.3) is 0 Å². The van der Waals surface area contributed by atoms with Crippen molar-refractivity contribution in [1.82, 2.24) is 15.1 Å². The lowest BCUT2D eigenvalue weighted by Crippen LogP contribution is -2.50. The minimum atomic E-state index is -1.01. The normalized spacial score (nSPS) is 12.2. The van der Waals surface area contributed by atoms with Gasteiger partial charge in [-0.05, 0) is 63.2 Å². The van der Waals surface area contributed by atoms with Crippen LogP contribution < -0.4 is 32.6 Å². The van der Waals surface area contributed by atoms with Gasteiger partial charge in [0.15, 0.2) is 0 Å². The molecule has 11 nitrogen and oxygen atoms in total. The number of rotatable bonds is 20. The lowest BCUT2D eigenvalue weighted by Gasteiger charge is -2.21. The second-order valence-corrected chi connectivity index (χ2v) is 10.8. The summed E-state index contributed by atoms with van der Waals surface area (Å²) in [6.45, 7) is 10.9. The number of amides is 2. The van der Waals surface area contributed by atoms with Gasteiger partial charge in [-0.2, -0.15) is 0 Å². The molecule has 0 aliphatic rings. The number of benzene rings is 2. The first kappa shape index (κ1) is 39.0. The molecule has 2 amide bonds. The zero-order valence-electron chi connectivity index (χ0n) is 26.5. The fourth-order valence-electron chi connectivity index (χ4n) is 4.22. The molecule has 0 aromatic heterocycles. The number of halogens is 1. The first-order valence-electron chi connectivity index (χ1n) is 15.3. The van der Waals surface area contributed by atoms with E-state index in [-0.39, 0.29) is 6.42 Å². The fourth-order valence-corrected chi connectivity index (χ4v) is 4.46. The van der Waals surface area contributed by atoms with Gasteiger partial charge in [-0.1, -0.05) is 55.8 Å². The molecule has 8 N–H and O–H groups in total. The van der Waals surface area contributed by atoms with Crippen LogP contribution in [0.4, 0.5) is 5.69 Å². The number of nitrogens with two attached hydrogens (primary N) is 3. The van der Waals surface area contributed by atoms with Crippen LogP contribution in [-0.2, 0) is 20.8 Å². The highest BCUT2D eigenvalue weighted by Crippen LogP contribution is 2.28. The van der Waals surface area contributed by atoms with Gasteiger partial charge in [-0.3, -0.25) is 9.59 Å². The molecule has 2 atom stereocenters. The summed E-state index contributed by atoms with van der Waals surface area (Å²) >= 11 is 6.40. The van der Waals surface area contributed by atoms with E-state index in [2.05, 4.69) is 34.3 Å². The van der Waals surface area contributed by atoms with Crippen molar-refractivity contribution >= 4 is 35.4 Å². The molecule has 0 aliphatic heterocycles. The molecule has 0 heterocycles. The van der Waals surface area contributed by atoms with Crippen molar-refractivity contribution in [2.75, 3.05) is 64.8 Å². The largest absolute Gasteiger partial charge is 0.491 e. The molecular formula is C32H52ClN7O4. The van der Waals surface area contributed by atoms with Crippen molar-refractivity contribution in [3.63, 3.8) is 0 Å². The van der Waals surface area contributed by atoms with Crippen LogP contribution >= 0.6 is 11.6 Å². The molecule has 12 heteroatoms. The summed E-state index contributed by atoms with van der Waals surface area (Å²) in [7, 11) is 2.01. The third-order valence-corrected chi connectivity index (χ3v) is 7.05. The minimum Gasteiger partial charge on any atom is -0.491 e. The minimum absolute atomic E-state index is 0.121. The molecule has 2 unspecified atom stereocenters. The smallest absolute Gasteiger partial charge is 0.246 e. The first-order valence-corrected chi connectivity index (χ1v) is 15.6. The summed E-state index contributed by atoms with van der Waals surface area (Å²) < 4.78 is 5.83. The Morgan fingerprint density at radius 1 is 1.00 bits per heavy atom. The number of nitrogens with zero attached hydrogens (tertiary/aromatic N) is 2. The summed E-state index contributed by atoms with van der Waals surface area (Å²) in [5.74, 6) is -0.419. The first-order chi connectivity index (χ1) is 21.2. The highest BCUT2D eigenvalue weighted by atomic mass is 35.5. The lowest BCUT2D eigenvalue weighted by molar-refractivity contribution is -0.128. The van der Waals surface area contributed by atoms with Gasteiger partial charge in [0.1, 0.15) is 24.7 Å². The van der Waals surface area contributed by atoms with Gasteiger partial charge in [-0.15, -0.1) is 0 Å². The Balaban J connectivity index is 0.00000106. The Morgan fingerprint density at radius 2 is 1.68 bits per heavy atom. The van der Waals surface area contributed by atoms with Crippen molar-refractivity contribution in [2.45, 2.75) is 51.6 Å². The summed E-state index contributed by atoms with van der Waals surface area (Å²) in [5, 5.41) is 5.86. The average molecular weight is 634 g/mol. The van der Waals surface area contributed by atoms with Crippen molar-refractivity contribution in [1.29, 1.82) is 0 Å². The van der Waals surface area contributed by atoms with E-state index in [1.54, 1.807) is 18.2 Å². The SMILES string of the molecule is CCCN(CC)CCOc1ccc(NC(=O)C(CCc2ccccc2)NC(=O)C(N)CC=O)cc1Cl.CN(CCN)CCN. The van der Waals surface area contributed by atoms with E-state index in [0.717, 1.165) is 57.8 Å². The number of carbonyl (C=O) groups excluding carboxylic acids is 3. The number of ether oxygens (including phenoxy) is 1. The van der Waals surface area contributed by atoms with E-state index in [0.29, 0.717) is 42.2 Å². The number of hydrogen-bond donors (Lipinski definition) is 5. The number of aryl methyl sites for hydroxylation is 1. The van der Waals surface area contributed by atoms with Gasteiger partial charge in [0.2, 0.25) is 11.8 Å². The topological polar surface area (TPSA) is 169 Å². The van der Waals surface area contributed by atoms with Gasteiger partial charge in [0, 0.05) is 44.8 Å². The molecule has 0 saturated heterocycles. The van der Waals surface area contributed by atoms with Crippen LogP contribution in [0.2, 0.25) is 5.02 Å². The molecule has 44 heavy (non-hydrogen) atoms. The maximum atomic E-state index is 13.1. The number of aldehydes is 1. The molecule has 0 bridgehead atoms. The van der Waals surface area contributed by atoms with Crippen LogP contribution in [0.15, 0.2) is 48.5 Å². The van der Waals surface area contributed by atoms with E-state index < -0.39 is 23.9 Å². The summed E-state index contributed by atoms with van der Waals surface area (Å²) in [6, 6.07) is 12.8. The van der Waals surface area contributed by atoms with Crippen LogP contribution in [0, 0.1) is 0 Å². The van der Waals surface area contributed by atoms with Crippen molar-refractivity contribution in [3.8, 4) is 5.75 Å². The van der Waals surface area contributed by atoms with Gasteiger partial charge in [0.05, 0.1) is 11.1 Å². The zero-order valence-corrected chi connectivity index (χ0v) is 27.2. The van der Waals surface area contributed by atoms with E-state index in [1.807, 2.05) is 37.4 Å². The standard InChI is InChI=1S/C27H37ClN4O4.C5H15N3/c1-3-15-32(4-2)16-18-36-25-13-11-21(19-22(25)28)30-27(35)24(31-26(34)23(29)14-17-33)12-10-20-8-6-5-7-9-20;1-8(4-2-6)5-3-7/h5-9,11,13,17,19,23-24H,3-4,10,12,14-16,18,29H2,1-2H3,(H,30,35)(H,31,34);2-7H2,1H3. The second-order valence-electron chi connectivity index (χ2n) is 10.4. The number of hydrogen-bond acceptors (Lipinski definition) is 9. The average Bonchev–Trinajstić information content (AvgIpc) is 3.00. The zero-order chi connectivity index (χ0) is 32.7. The molecule has 2 rings (SSSR count). The predicted octanol–water partition coefficient (Wildman–Crippen LogP) is 2.26. The molecule has 0 fully saturated rings. The summed E-state index contributed by atoms with van der Waals surface area (Å²) in [5.41, 5.74) is 17.8. The molecule has 0 spiro atoms. The van der Waals surface area contributed by atoms with Gasteiger partial charge in [-0.25, -0.2) is 0 Å². The quantitative estimate of drug-likeness (QED) is 0.137. The summed E-state index contributed by atoms with van der Waals surface area (Å²) in [6.07, 6.45) is 2.47.